The Hall–Kier alpha value is -1.91. The molecule has 0 aliphatic heterocycles. The van der Waals surface area contributed by atoms with E-state index in [0.717, 1.165) is 36.8 Å². The van der Waals surface area contributed by atoms with Crippen LogP contribution < -0.4 is 20.1 Å². The summed E-state index contributed by atoms with van der Waals surface area (Å²) in [6, 6.07) is 6.54. The van der Waals surface area contributed by atoms with Gasteiger partial charge in [-0.3, -0.25) is 4.99 Å². The summed E-state index contributed by atoms with van der Waals surface area (Å²) in [6.45, 7) is 10.3. The Kier molecular flexibility index (Phi) is 8.95. The number of ether oxygens (including phenoxy) is 2. The summed E-state index contributed by atoms with van der Waals surface area (Å²) in [5.41, 5.74) is 1.21. The number of hydrogen-bond donors (Lipinski definition) is 2. The largest absolute Gasteiger partial charge is 0.490 e. The zero-order valence-electron chi connectivity index (χ0n) is 15.1. The van der Waals surface area contributed by atoms with Crippen LogP contribution in [0, 0.1) is 0 Å². The van der Waals surface area contributed by atoms with Crippen molar-refractivity contribution >= 4 is 5.96 Å². The minimum atomic E-state index is 0.413. The van der Waals surface area contributed by atoms with Crippen LogP contribution >= 0.6 is 0 Å². The summed E-state index contributed by atoms with van der Waals surface area (Å²) in [6.07, 6.45) is 1.96. The lowest BCUT2D eigenvalue weighted by Gasteiger charge is -2.17. The summed E-state index contributed by atoms with van der Waals surface area (Å²) in [5.74, 6) is 2.46. The van der Waals surface area contributed by atoms with Crippen LogP contribution in [-0.2, 0) is 6.42 Å². The molecule has 1 rings (SSSR count). The Morgan fingerprint density at radius 1 is 1.13 bits per heavy atom. The molecule has 130 valence electrons. The van der Waals surface area contributed by atoms with E-state index in [1.165, 1.54) is 5.56 Å². The van der Waals surface area contributed by atoms with E-state index in [-0.39, 0.29) is 0 Å². The highest BCUT2D eigenvalue weighted by atomic mass is 16.5. The van der Waals surface area contributed by atoms with Gasteiger partial charge in [0.25, 0.3) is 0 Å². The number of hydrogen-bond acceptors (Lipinski definition) is 3. The number of aliphatic imine (C=N–C) groups is 1. The van der Waals surface area contributed by atoms with Gasteiger partial charge in [-0.15, -0.1) is 0 Å². The molecule has 0 heterocycles. The number of benzene rings is 1. The highest BCUT2D eigenvalue weighted by Crippen LogP contribution is 2.28. The van der Waals surface area contributed by atoms with Gasteiger partial charge in [-0.05, 0) is 51.3 Å². The van der Waals surface area contributed by atoms with E-state index in [2.05, 4.69) is 41.6 Å². The number of rotatable bonds is 9. The molecule has 1 aromatic rings. The average molecular weight is 321 g/mol. The van der Waals surface area contributed by atoms with Crippen LogP contribution in [0.25, 0.3) is 0 Å². The molecule has 23 heavy (non-hydrogen) atoms. The topological polar surface area (TPSA) is 54.9 Å². The van der Waals surface area contributed by atoms with E-state index in [1.807, 2.05) is 19.9 Å². The van der Waals surface area contributed by atoms with Crippen molar-refractivity contribution in [1.82, 2.24) is 10.6 Å². The van der Waals surface area contributed by atoms with Crippen molar-refractivity contribution in [3.05, 3.63) is 23.8 Å². The van der Waals surface area contributed by atoms with E-state index in [1.54, 1.807) is 7.05 Å². The van der Waals surface area contributed by atoms with Crippen molar-refractivity contribution in [2.45, 2.75) is 46.6 Å². The van der Waals surface area contributed by atoms with Crippen molar-refractivity contribution < 1.29 is 9.47 Å². The maximum Gasteiger partial charge on any atom is 0.191 e. The summed E-state index contributed by atoms with van der Waals surface area (Å²) in [7, 11) is 1.79. The highest BCUT2D eigenvalue weighted by molar-refractivity contribution is 5.79. The zero-order chi connectivity index (χ0) is 17.1. The van der Waals surface area contributed by atoms with Crippen molar-refractivity contribution in [2.24, 2.45) is 4.99 Å². The van der Waals surface area contributed by atoms with Gasteiger partial charge in [-0.1, -0.05) is 13.0 Å². The fraction of sp³-hybridized carbons (Fsp3) is 0.611. The molecule has 1 aromatic carbocycles. The van der Waals surface area contributed by atoms with Crippen molar-refractivity contribution in [3.8, 4) is 11.5 Å². The van der Waals surface area contributed by atoms with E-state index in [9.17, 15) is 0 Å². The Balaban J connectivity index is 2.58. The molecule has 0 radical (unpaired) electrons. The van der Waals surface area contributed by atoms with Crippen LogP contribution in [0.5, 0.6) is 11.5 Å². The highest BCUT2D eigenvalue weighted by Gasteiger charge is 2.07. The number of nitrogens with one attached hydrogen (secondary N) is 2. The Bertz CT molecular complexity index is 489. The van der Waals surface area contributed by atoms with Gasteiger partial charge in [-0.2, -0.15) is 0 Å². The zero-order valence-corrected chi connectivity index (χ0v) is 15.1. The predicted octanol–water partition coefficient (Wildman–Crippen LogP) is 2.99. The van der Waals surface area contributed by atoms with Crippen molar-refractivity contribution in [3.63, 3.8) is 0 Å². The fourth-order valence-corrected chi connectivity index (χ4v) is 2.11. The van der Waals surface area contributed by atoms with Gasteiger partial charge in [0.2, 0.25) is 0 Å². The maximum atomic E-state index is 5.66. The molecule has 1 unspecified atom stereocenters. The van der Waals surface area contributed by atoms with E-state index in [0.29, 0.717) is 19.3 Å². The third-order valence-corrected chi connectivity index (χ3v) is 3.53. The van der Waals surface area contributed by atoms with Gasteiger partial charge in [-0.25, -0.2) is 0 Å². The van der Waals surface area contributed by atoms with Gasteiger partial charge in [0.15, 0.2) is 17.5 Å². The third kappa shape index (κ3) is 6.80. The first-order valence-electron chi connectivity index (χ1n) is 8.50. The first-order chi connectivity index (χ1) is 11.1. The van der Waals surface area contributed by atoms with E-state index in [4.69, 9.17) is 9.47 Å². The van der Waals surface area contributed by atoms with Crippen LogP contribution in [0.15, 0.2) is 23.2 Å². The summed E-state index contributed by atoms with van der Waals surface area (Å²) in [5, 5.41) is 6.70. The normalized spacial score (nSPS) is 12.7. The molecule has 0 aromatic heterocycles. The smallest absolute Gasteiger partial charge is 0.191 e. The molecule has 2 N–H and O–H groups in total. The summed E-state index contributed by atoms with van der Waals surface area (Å²) >= 11 is 0. The second kappa shape index (κ2) is 10.8. The SMILES string of the molecule is CCOc1ccc(CCNC(=NC)NC(C)CC)cc1OCC. The molecule has 0 bridgehead atoms. The minimum Gasteiger partial charge on any atom is -0.490 e. The van der Waals surface area contributed by atoms with Crippen molar-refractivity contribution in [2.75, 3.05) is 26.8 Å². The summed E-state index contributed by atoms with van der Waals surface area (Å²) < 4.78 is 11.3. The monoisotopic (exact) mass is 321 g/mol. The molecule has 0 fully saturated rings. The number of nitrogens with zero attached hydrogens (tertiary/aromatic N) is 1. The second-order valence-corrected chi connectivity index (χ2v) is 5.35. The van der Waals surface area contributed by atoms with Crippen LogP contribution in [0.1, 0.15) is 39.7 Å². The summed E-state index contributed by atoms with van der Waals surface area (Å²) in [4.78, 5) is 4.24. The first-order valence-corrected chi connectivity index (χ1v) is 8.50. The molecule has 0 amide bonds. The van der Waals surface area contributed by atoms with Gasteiger partial charge >= 0.3 is 0 Å². The standard InChI is InChI=1S/C18H31N3O2/c1-6-14(4)21-18(19-5)20-12-11-15-9-10-16(22-7-2)17(13-15)23-8-3/h9-10,13-14H,6-8,11-12H2,1-5H3,(H2,19,20,21). The lowest BCUT2D eigenvalue weighted by atomic mass is 10.1. The van der Waals surface area contributed by atoms with Gasteiger partial charge in [0.1, 0.15) is 0 Å². The molecular formula is C18H31N3O2. The van der Waals surface area contributed by atoms with Crippen LogP contribution in [-0.4, -0.2) is 38.8 Å². The Morgan fingerprint density at radius 3 is 2.43 bits per heavy atom. The molecule has 5 nitrogen and oxygen atoms in total. The fourth-order valence-electron chi connectivity index (χ4n) is 2.11. The second-order valence-electron chi connectivity index (χ2n) is 5.35. The average Bonchev–Trinajstić information content (AvgIpc) is 2.56. The van der Waals surface area contributed by atoms with Crippen LogP contribution in [0.2, 0.25) is 0 Å². The Labute approximate surface area is 140 Å². The quantitative estimate of drug-likeness (QED) is 0.542. The van der Waals surface area contributed by atoms with Crippen molar-refractivity contribution in [1.29, 1.82) is 0 Å². The lowest BCUT2D eigenvalue weighted by molar-refractivity contribution is 0.287. The van der Waals surface area contributed by atoms with Gasteiger partial charge in [0, 0.05) is 19.6 Å². The molecular weight excluding hydrogens is 290 g/mol. The first kappa shape index (κ1) is 19.1. The van der Waals surface area contributed by atoms with Gasteiger partial charge < -0.3 is 20.1 Å². The van der Waals surface area contributed by atoms with E-state index < -0.39 is 0 Å². The maximum absolute atomic E-state index is 5.66. The van der Waals surface area contributed by atoms with E-state index >= 15 is 0 Å². The molecule has 0 aliphatic carbocycles. The molecule has 0 saturated carbocycles. The van der Waals surface area contributed by atoms with Gasteiger partial charge in [0.05, 0.1) is 13.2 Å². The number of guanidine groups is 1. The molecule has 0 saturated heterocycles. The minimum absolute atomic E-state index is 0.413. The molecule has 1 atom stereocenters. The lowest BCUT2D eigenvalue weighted by Crippen LogP contribution is -2.42. The Morgan fingerprint density at radius 2 is 1.83 bits per heavy atom. The van der Waals surface area contributed by atoms with Crippen LogP contribution in [0.3, 0.4) is 0 Å². The molecule has 0 spiro atoms. The van der Waals surface area contributed by atoms with Crippen LogP contribution in [0.4, 0.5) is 0 Å². The third-order valence-electron chi connectivity index (χ3n) is 3.53. The molecule has 5 heteroatoms. The predicted molar refractivity (Wildman–Crippen MR) is 96.7 cm³/mol. The molecule has 0 aliphatic rings.